The zero-order chi connectivity index (χ0) is 29.7. The van der Waals surface area contributed by atoms with Crippen molar-refractivity contribution in [1.29, 1.82) is 0 Å². The number of nitrogens with two attached hydrogens (primary N) is 1. The molecule has 3 N–H and O–H groups in total. The highest BCUT2D eigenvalue weighted by atomic mass is 32.2. The lowest BCUT2D eigenvalue weighted by molar-refractivity contribution is -0.139. The van der Waals surface area contributed by atoms with Crippen LogP contribution >= 0.6 is 0 Å². The molecule has 41 heavy (non-hydrogen) atoms. The number of hydrogen-bond donors (Lipinski definition) is 2. The maximum absolute atomic E-state index is 13.4. The van der Waals surface area contributed by atoms with E-state index in [-0.39, 0.29) is 23.5 Å². The topological polar surface area (TPSA) is 126 Å². The van der Waals surface area contributed by atoms with Crippen LogP contribution in [0.5, 0.6) is 0 Å². The number of rotatable bonds is 6. The number of alkyl halides is 3. The molecule has 1 aliphatic rings. The van der Waals surface area contributed by atoms with Gasteiger partial charge in [-0.3, -0.25) is 9.52 Å². The van der Waals surface area contributed by atoms with Gasteiger partial charge in [-0.25, -0.2) is 13.4 Å². The number of benzene rings is 2. The van der Waals surface area contributed by atoms with E-state index < -0.39 is 26.7 Å². The van der Waals surface area contributed by atoms with Crippen LogP contribution in [0.2, 0.25) is 0 Å². The maximum atomic E-state index is 13.4. The van der Waals surface area contributed by atoms with E-state index in [0.717, 1.165) is 24.6 Å². The highest BCUT2D eigenvalue weighted by Crippen LogP contribution is 2.36. The number of anilines is 2. The zero-order valence-electron chi connectivity index (χ0n) is 22.5. The van der Waals surface area contributed by atoms with Crippen LogP contribution in [0.25, 0.3) is 16.8 Å². The molecule has 10 nitrogen and oxygen atoms in total. The molecule has 1 aliphatic heterocycles. The highest BCUT2D eigenvalue weighted by Gasteiger charge is 2.37. The first-order chi connectivity index (χ1) is 19.3. The SMILES string of the molecule is Cc1cc(NS(=O)(=O)c2ccccc2C(F)(F)F)ccc1-c1cnc2c(C(=O)N3CCC(N(C)C)C3)cnn2c1N. The predicted molar refractivity (Wildman–Crippen MR) is 148 cm³/mol. The molecule has 0 saturated carbocycles. The molecular formula is C27H28F3N7O3S. The van der Waals surface area contributed by atoms with Crippen LogP contribution in [0.15, 0.2) is 59.8 Å². The number of nitrogens with one attached hydrogen (secondary N) is 1. The van der Waals surface area contributed by atoms with Gasteiger partial charge in [-0.15, -0.1) is 0 Å². The molecule has 1 saturated heterocycles. The Morgan fingerprint density at radius 2 is 1.85 bits per heavy atom. The molecule has 1 atom stereocenters. The van der Waals surface area contributed by atoms with E-state index in [1.807, 2.05) is 14.1 Å². The summed E-state index contributed by atoms with van der Waals surface area (Å²) in [5, 5.41) is 4.30. The molecular weight excluding hydrogens is 559 g/mol. The third-order valence-electron chi connectivity index (χ3n) is 7.23. The van der Waals surface area contributed by atoms with Crippen molar-refractivity contribution in [3.8, 4) is 11.1 Å². The monoisotopic (exact) mass is 587 g/mol. The van der Waals surface area contributed by atoms with E-state index in [4.69, 9.17) is 5.73 Å². The minimum atomic E-state index is -4.84. The number of halogens is 3. The Kier molecular flexibility index (Phi) is 7.15. The van der Waals surface area contributed by atoms with Crippen LogP contribution in [0.4, 0.5) is 24.7 Å². The average Bonchev–Trinajstić information content (AvgIpc) is 3.57. The number of nitrogen functional groups attached to an aromatic ring is 1. The molecule has 0 aliphatic carbocycles. The molecule has 3 heterocycles. The Balaban J connectivity index is 1.42. The number of fused-ring (bicyclic) bond motifs is 1. The quantitative estimate of drug-likeness (QED) is 0.351. The second-order valence-electron chi connectivity index (χ2n) is 10.1. The minimum absolute atomic E-state index is 0.0736. The molecule has 0 radical (unpaired) electrons. The zero-order valence-corrected chi connectivity index (χ0v) is 23.3. The second-order valence-corrected chi connectivity index (χ2v) is 11.8. The van der Waals surface area contributed by atoms with Gasteiger partial charge in [-0.05, 0) is 62.8 Å². The van der Waals surface area contributed by atoms with Crippen molar-refractivity contribution in [2.75, 3.05) is 37.6 Å². The summed E-state index contributed by atoms with van der Waals surface area (Å²) in [6.45, 7) is 2.94. The first-order valence-corrected chi connectivity index (χ1v) is 14.1. The first kappa shape index (κ1) is 28.4. The van der Waals surface area contributed by atoms with Crippen molar-refractivity contribution in [2.24, 2.45) is 0 Å². The van der Waals surface area contributed by atoms with Crippen LogP contribution in [0.3, 0.4) is 0 Å². The molecule has 0 spiro atoms. The summed E-state index contributed by atoms with van der Waals surface area (Å²) in [6, 6.07) is 8.75. The molecule has 4 aromatic rings. The molecule has 14 heteroatoms. The Labute approximate surface area is 234 Å². The summed E-state index contributed by atoms with van der Waals surface area (Å²) in [7, 11) is -0.578. The van der Waals surface area contributed by atoms with Gasteiger partial charge >= 0.3 is 6.18 Å². The Morgan fingerprint density at radius 1 is 1.12 bits per heavy atom. The standard InChI is InChI=1S/C27H28F3N7O3S/c1-16-12-17(34-41(39,40)23-7-5-4-6-22(23)27(28,29)30)8-9-19(16)20-13-32-25-21(14-33-37(25)24(20)31)26(38)36-11-10-18(15-36)35(2)3/h4-9,12-14,18,34H,10-11,15,31H2,1-3H3. The Hall–Kier alpha value is -4.17. The number of sulfonamides is 1. The number of likely N-dealkylation sites (tertiary alicyclic amines) is 1. The summed E-state index contributed by atoms with van der Waals surface area (Å²) < 4.78 is 69.5. The van der Waals surface area contributed by atoms with Gasteiger partial charge in [-0.2, -0.15) is 22.8 Å². The third kappa shape index (κ3) is 5.32. The number of aryl methyl sites for hydroxylation is 1. The number of amides is 1. The fourth-order valence-electron chi connectivity index (χ4n) is 5.00. The lowest BCUT2D eigenvalue weighted by Gasteiger charge is -2.20. The summed E-state index contributed by atoms with van der Waals surface area (Å²) in [6.07, 6.45) is -1.01. The van der Waals surface area contributed by atoms with Crippen molar-refractivity contribution in [3.05, 3.63) is 71.5 Å². The van der Waals surface area contributed by atoms with Crippen LogP contribution in [-0.2, 0) is 16.2 Å². The molecule has 216 valence electrons. The van der Waals surface area contributed by atoms with Gasteiger partial charge < -0.3 is 15.5 Å². The van der Waals surface area contributed by atoms with Crippen LogP contribution < -0.4 is 10.5 Å². The molecule has 5 rings (SSSR count). The maximum Gasteiger partial charge on any atom is 0.417 e. The number of carbonyl (C=O) groups is 1. The van der Waals surface area contributed by atoms with Gasteiger partial charge in [0, 0.05) is 36.6 Å². The largest absolute Gasteiger partial charge is 0.417 e. The van der Waals surface area contributed by atoms with Crippen LogP contribution in [0, 0.1) is 6.92 Å². The number of likely N-dealkylation sites (N-methyl/N-ethyl adjacent to an activating group) is 1. The van der Waals surface area contributed by atoms with Crippen molar-refractivity contribution in [1.82, 2.24) is 24.4 Å². The predicted octanol–water partition coefficient (Wildman–Crippen LogP) is 3.88. The van der Waals surface area contributed by atoms with Crippen molar-refractivity contribution >= 4 is 33.1 Å². The van der Waals surface area contributed by atoms with Crippen LogP contribution in [-0.4, -0.2) is 71.9 Å². The number of nitrogens with zero attached hydrogens (tertiary/aromatic N) is 5. The summed E-state index contributed by atoms with van der Waals surface area (Å²) in [5.41, 5.74) is 7.57. The number of aromatic nitrogens is 3. The van der Waals surface area contributed by atoms with E-state index in [1.54, 1.807) is 17.9 Å². The highest BCUT2D eigenvalue weighted by molar-refractivity contribution is 7.92. The summed E-state index contributed by atoms with van der Waals surface area (Å²) >= 11 is 0. The van der Waals surface area contributed by atoms with Gasteiger partial charge in [0.15, 0.2) is 5.65 Å². The molecule has 2 aromatic carbocycles. The van der Waals surface area contributed by atoms with Crippen molar-refractivity contribution in [3.63, 3.8) is 0 Å². The van der Waals surface area contributed by atoms with Crippen LogP contribution in [0.1, 0.15) is 27.9 Å². The summed E-state index contributed by atoms with van der Waals surface area (Å²) in [5.74, 6) is 0.0427. The van der Waals surface area contributed by atoms with Crippen molar-refractivity contribution in [2.45, 2.75) is 30.5 Å². The Bertz CT molecular complexity index is 1750. The minimum Gasteiger partial charge on any atom is -0.383 e. The number of carbonyl (C=O) groups excluding carboxylic acids is 1. The summed E-state index contributed by atoms with van der Waals surface area (Å²) in [4.78, 5) is 20.6. The van der Waals surface area contributed by atoms with Gasteiger partial charge in [0.25, 0.3) is 15.9 Å². The molecule has 1 fully saturated rings. The molecule has 1 unspecified atom stereocenters. The van der Waals surface area contributed by atoms with E-state index in [2.05, 4.69) is 19.7 Å². The number of hydrogen-bond acceptors (Lipinski definition) is 7. The lowest BCUT2D eigenvalue weighted by atomic mass is 10.0. The molecule has 2 aromatic heterocycles. The van der Waals surface area contributed by atoms with Gasteiger partial charge in [-0.1, -0.05) is 18.2 Å². The van der Waals surface area contributed by atoms with Gasteiger partial charge in [0.2, 0.25) is 0 Å². The van der Waals surface area contributed by atoms with E-state index >= 15 is 0 Å². The fraction of sp³-hybridized carbons (Fsp3) is 0.296. The second kappa shape index (κ2) is 10.3. The lowest BCUT2D eigenvalue weighted by Crippen LogP contribution is -2.34. The van der Waals surface area contributed by atoms with E-state index in [1.165, 1.54) is 35.1 Å². The van der Waals surface area contributed by atoms with Gasteiger partial charge in [0.1, 0.15) is 11.4 Å². The average molecular weight is 588 g/mol. The fourth-order valence-corrected chi connectivity index (χ4v) is 6.28. The third-order valence-corrected chi connectivity index (χ3v) is 8.67. The first-order valence-electron chi connectivity index (χ1n) is 12.7. The van der Waals surface area contributed by atoms with Gasteiger partial charge in [0.05, 0.1) is 16.7 Å². The van der Waals surface area contributed by atoms with E-state index in [9.17, 15) is 26.4 Å². The van der Waals surface area contributed by atoms with Crippen molar-refractivity contribution < 1.29 is 26.4 Å². The van der Waals surface area contributed by atoms with E-state index in [0.29, 0.717) is 41.0 Å². The molecule has 0 bridgehead atoms. The Morgan fingerprint density at radius 3 is 2.51 bits per heavy atom. The smallest absolute Gasteiger partial charge is 0.383 e. The molecule has 1 amide bonds. The normalized spacial score (nSPS) is 16.1.